The lowest BCUT2D eigenvalue weighted by Crippen LogP contribution is -2.50. The van der Waals surface area contributed by atoms with Crippen molar-refractivity contribution in [3.8, 4) is 5.75 Å². The number of hydrogen-bond donors (Lipinski definition) is 1. The van der Waals surface area contributed by atoms with Crippen molar-refractivity contribution in [3.05, 3.63) is 59.1 Å². The molecular weight excluding hydrogens is 468 g/mol. The number of amides is 2. The van der Waals surface area contributed by atoms with Gasteiger partial charge in [-0.2, -0.15) is 0 Å². The molecule has 184 valence electrons. The first-order valence-corrected chi connectivity index (χ1v) is 13.4. The maximum atomic E-state index is 13.3. The quantitative estimate of drug-likeness (QED) is 0.298. The predicted molar refractivity (Wildman–Crippen MR) is 139 cm³/mol. The van der Waals surface area contributed by atoms with Gasteiger partial charge < -0.3 is 15.0 Å². The van der Waals surface area contributed by atoms with Crippen molar-refractivity contribution in [2.45, 2.75) is 75.4 Å². The molecule has 3 rings (SSSR count). The summed E-state index contributed by atoms with van der Waals surface area (Å²) in [5, 5.41) is 3.90. The average molecular weight is 503 g/mol. The average Bonchev–Trinajstić information content (AvgIpc) is 2.86. The van der Waals surface area contributed by atoms with Crippen molar-refractivity contribution in [1.82, 2.24) is 10.2 Å². The van der Waals surface area contributed by atoms with Crippen LogP contribution in [-0.4, -0.2) is 41.7 Å². The number of benzene rings is 2. The van der Waals surface area contributed by atoms with Crippen LogP contribution in [0.25, 0.3) is 0 Å². The molecule has 0 aliphatic heterocycles. The molecule has 0 aromatic heterocycles. The molecule has 1 fully saturated rings. The van der Waals surface area contributed by atoms with Crippen LogP contribution in [0, 0.1) is 0 Å². The van der Waals surface area contributed by atoms with Gasteiger partial charge in [0.25, 0.3) is 0 Å². The van der Waals surface area contributed by atoms with Gasteiger partial charge in [0.1, 0.15) is 11.8 Å². The van der Waals surface area contributed by atoms with E-state index in [9.17, 15) is 9.59 Å². The fraction of sp³-hybridized carbons (Fsp3) is 0.481. The van der Waals surface area contributed by atoms with Crippen molar-refractivity contribution < 1.29 is 14.3 Å². The normalized spacial score (nSPS) is 14.9. The summed E-state index contributed by atoms with van der Waals surface area (Å²) in [6.07, 6.45) is 6.72. The number of ether oxygens (including phenoxy) is 1. The van der Waals surface area contributed by atoms with E-state index in [2.05, 4.69) is 5.32 Å². The minimum Gasteiger partial charge on any atom is -0.497 e. The number of nitrogens with one attached hydrogen (secondary N) is 1. The van der Waals surface area contributed by atoms with Crippen molar-refractivity contribution >= 4 is 35.2 Å². The van der Waals surface area contributed by atoms with Crippen LogP contribution in [0.1, 0.15) is 57.4 Å². The molecule has 1 atom stereocenters. The summed E-state index contributed by atoms with van der Waals surface area (Å²) in [6.45, 7) is 2.23. The van der Waals surface area contributed by atoms with Crippen LogP contribution in [0.2, 0.25) is 5.02 Å². The Balaban J connectivity index is 1.60. The minimum atomic E-state index is -0.527. The van der Waals surface area contributed by atoms with Gasteiger partial charge in [-0.3, -0.25) is 9.59 Å². The van der Waals surface area contributed by atoms with Crippen LogP contribution < -0.4 is 10.1 Å². The smallest absolute Gasteiger partial charge is 0.242 e. The summed E-state index contributed by atoms with van der Waals surface area (Å²) in [4.78, 5) is 29.2. The fourth-order valence-electron chi connectivity index (χ4n) is 4.17. The summed E-state index contributed by atoms with van der Waals surface area (Å²) >= 11 is 7.66. The second kappa shape index (κ2) is 13.6. The van der Waals surface area contributed by atoms with Crippen LogP contribution in [-0.2, 0) is 16.1 Å². The first-order chi connectivity index (χ1) is 16.5. The van der Waals surface area contributed by atoms with Crippen LogP contribution in [0.4, 0.5) is 0 Å². The minimum absolute atomic E-state index is 0.00109. The molecule has 7 heteroatoms. The predicted octanol–water partition coefficient (Wildman–Crippen LogP) is 6.09. The lowest BCUT2D eigenvalue weighted by Gasteiger charge is -2.31. The first-order valence-electron chi connectivity index (χ1n) is 12.1. The van der Waals surface area contributed by atoms with Gasteiger partial charge in [-0.1, -0.05) is 43.0 Å². The molecule has 0 heterocycles. The van der Waals surface area contributed by atoms with Gasteiger partial charge in [0.2, 0.25) is 11.8 Å². The highest BCUT2D eigenvalue weighted by Crippen LogP contribution is 2.23. The summed E-state index contributed by atoms with van der Waals surface area (Å²) in [6, 6.07) is 15.1. The third-order valence-electron chi connectivity index (χ3n) is 6.25. The lowest BCUT2D eigenvalue weighted by molar-refractivity contribution is -0.141. The highest BCUT2D eigenvalue weighted by atomic mass is 35.5. The van der Waals surface area contributed by atoms with Gasteiger partial charge in [0.15, 0.2) is 0 Å². The standard InChI is InChI=1S/C27H35ClN2O3S/c1-20(27(32)29-23-7-4-3-5-8-23)30(19-21-10-14-24(33-2)15-11-21)26(31)9-6-18-34-25-16-12-22(28)13-17-25/h10-17,20,23H,3-9,18-19H2,1-2H3,(H,29,32)/t20-/m0/s1. The highest BCUT2D eigenvalue weighted by Gasteiger charge is 2.27. The first kappa shape index (κ1) is 26.4. The van der Waals surface area contributed by atoms with Gasteiger partial charge in [-0.25, -0.2) is 0 Å². The molecule has 0 radical (unpaired) electrons. The van der Waals surface area contributed by atoms with E-state index in [0.717, 1.165) is 54.1 Å². The van der Waals surface area contributed by atoms with E-state index in [1.807, 2.05) is 55.5 Å². The lowest BCUT2D eigenvalue weighted by atomic mass is 9.95. The van der Waals surface area contributed by atoms with E-state index in [4.69, 9.17) is 16.3 Å². The Kier molecular flexibility index (Phi) is 10.6. The zero-order valence-electron chi connectivity index (χ0n) is 20.1. The summed E-state index contributed by atoms with van der Waals surface area (Å²) in [5.74, 6) is 1.53. The Labute approximate surface area is 212 Å². The van der Waals surface area contributed by atoms with E-state index in [1.165, 1.54) is 6.42 Å². The molecule has 1 aliphatic rings. The number of nitrogens with zero attached hydrogens (tertiary/aromatic N) is 1. The van der Waals surface area contributed by atoms with E-state index >= 15 is 0 Å². The molecule has 0 spiro atoms. The molecular formula is C27H35ClN2O3S. The van der Waals surface area contributed by atoms with E-state index in [-0.39, 0.29) is 17.9 Å². The molecule has 5 nitrogen and oxygen atoms in total. The number of carbonyl (C=O) groups is 2. The van der Waals surface area contributed by atoms with E-state index in [0.29, 0.717) is 18.0 Å². The Hall–Kier alpha value is -2.18. The van der Waals surface area contributed by atoms with Gasteiger partial charge in [-0.15, -0.1) is 11.8 Å². The zero-order chi connectivity index (χ0) is 24.3. The maximum Gasteiger partial charge on any atom is 0.242 e. The second-order valence-electron chi connectivity index (χ2n) is 8.80. The SMILES string of the molecule is COc1ccc(CN(C(=O)CCCSc2ccc(Cl)cc2)[C@@H](C)C(=O)NC2CCCCC2)cc1. The number of rotatable bonds is 11. The maximum absolute atomic E-state index is 13.3. The van der Waals surface area contributed by atoms with Gasteiger partial charge in [-0.05, 0) is 73.9 Å². The Morgan fingerprint density at radius 2 is 1.76 bits per heavy atom. The summed E-state index contributed by atoms with van der Waals surface area (Å²) in [7, 11) is 1.63. The molecule has 2 amide bonds. The zero-order valence-corrected chi connectivity index (χ0v) is 21.7. The van der Waals surface area contributed by atoms with Crippen LogP contribution in [0.15, 0.2) is 53.4 Å². The number of thioether (sulfide) groups is 1. The van der Waals surface area contributed by atoms with Crippen LogP contribution in [0.5, 0.6) is 5.75 Å². The summed E-state index contributed by atoms with van der Waals surface area (Å²) < 4.78 is 5.25. The number of halogens is 1. The Morgan fingerprint density at radius 1 is 1.09 bits per heavy atom. The second-order valence-corrected chi connectivity index (χ2v) is 10.4. The molecule has 2 aromatic rings. The van der Waals surface area contributed by atoms with Gasteiger partial charge >= 0.3 is 0 Å². The number of carbonyl (C=O) groups excluding carboxylic acids is 2. The summed E-state index contributed by atoms with van der Waals surface area (Å²) in [5.41, 5.74) is 0.974. The van der Waals surface area contributed by atoms with Gasteiger partial charge in [0.05, 0.1) is 7.11 Å². The molecule has 1 N–H and O–H groups in total. The van der Waals surface area contributed by atoms with E-state index < -0.39 is 6.04 Å². The number of methoxy groups -OCH3 is 1. The molecule has 0 unspecified atom stereocenters. The molecule has 0 saturated heterocycles. The van der Waals surface area contributed by atoms with Crippen molar-refractivity contribution in [1.29, 1.82) is 0 Å². The Bertz CT molecular complexity index is 914. The number of hydrogen-bond acceptors (Lipinski definition) is 4. The highest BCUT2D eigenvalue weighted by molar-refractivity contribution is 7.99. The van der Waals surface area contributed by atoms with E-state index in [1.54, 1.807) is 23.8 Å². The fourth-order valence-corrected chi connectivity index (χ4v) is 5.15. The van der Waals surface area contributed by atoms with Crippen molar-refractivity contribution in [2.24, 2.45) is 0 Å². The monoisotopic (exact) mass is 502 g/mol. The Morgan fingerprint density at radius 3 is 2.41 bits per heavy atom. The van der Waals surface area contributed by atoms with Crippen molar-refractivity contribution in [2.75, 3.05) is 12.9 Å². The third-order valence-corrected chi connectivity index (χ3v) is 7.60. The molecule has 1 aliphatic carbocycles. The topological polar surface area (TPSA) is 58.6 Å². The van der Waals surface area contributed by atoms with Crippen LogP contribution >= 0.6 is 23.4 Å². The molecule has 1 saturated carbocycles. The van der Waals surface area contributed by atoms with Gasteiger partial charge in [0, 0.05) is 28.9 Å². The molecule has 34 heavy (non-hydrogen) atoms. The van der Waals surface area contributed by atoms with Crippen LogP contribution in [0.3, 0.4) is 0 Å². The third kappa shape index (κ3) is 8.24. The molecule has 0 bridgehead atoms. The molecule has 2 aromatic carbocycles. The van der Waals surface area contributed by atoms with Crippen molar-refractivity contribution in [3.63, 3.8) is 0 Å². The largest absolute Gasteiger partial charge is 0.497 e.